The van der Waals surface area contributed by atoms with Gasteiger partial charge in [-0.1, -0.05) is 26.8 Å². The lowest BCUT2D eigenvalue weighted by Crippen LogP contribution is -2.49. The predicted octanol–water partition coefficient (Wildman–Crippen LogP) is 4.42. The first-order valence-corrected chi connectivity index (χ1v) is 11.0. The van der Waals surface area contributed by atoms with Crippen LogP contribution in [0.1, 0.15) is 45.6 Å². The van der Waals surface area contributed by atoms with Crippen LogP contribution in [0.3, 0.4) is 0 Å². The summed E-state index contributed by atoms with van der Waals surface area (Å²) in [7, 11) is 0. The van der Waals surface area contributed by atoms with E-state index in [-0.39, 0.29) is 11.5 Å². The molecule has 0 aromatic heterocycles. The Kier molecular flexibility index (Phi) is 7.36. The van der Waals surface area contributed by atoms with Crippen molar-refractivity contribution in [2.75, 3.05) is 44.2 Å². The Labute approximate surface area is 178 Å². The van der Waals surface area contributed by atoms with Gasteiger partial charge in [0.15, 0.2) is 0 Å². The van der Waals surface area contributed by atoms with Crippen molar-refractivity contribution in [2.45, 2.75) is 58.4 Å². The maximum Gasteiger partial charge on any atom is 0.416 e. The topological polar surface area (TPSA) is 35.9 Å². The number of benzene rings is 1. The lowest BCUT2D eigenvalue weighted by atomic mass is 9.71. The van der Waals surface area contributed by atoms with Crippen molar-refractivity contribution < 1.29 is 23.0 Å². The number of hydrogen-bond acceptors (Lipinski definition) is 4. The average molecular weight is 429 g/mol. The molecule has 2 aliphatic rings. The Morgan fingerprint density at radius 1 is 1.17 bits per heavy atom. The number of alkyl halides is 3. The summed E-state index contributed by atoms with van der Waals surface area (Å²) in [6, 6.07) is 5.49. The second kappa shape index (κ2) is 9.45. The van der Waals surface area contributed by atoms with E-state index in [0.717, 1.165) is 18.9 Å². The molecule has 3 rings (SSSR count). The molecular weight excluding hydrogens is 393 g/mol. The minimum Gasteiger partial charge on any atom is -0.389 e. The highest BCUT2D eigenvalue weighted by Crippen LogP contribution is 2.39. The van der Waals surface area contributed by atoms with Crippen molar-refractivity contribution in [3.63, 3.8) is 0 Å². The molecule has 1 N–H and O–H groups in total. The van der Waals surface area contributed by atoms with Gasteiger partial charge in [-0.2, -0.15) is 13.2 Å². The van der Waals surface area contributed by atoms with Gasteiger partial charge in [-0.25, -0.2) is 0 Å². The summed E-state index contributed by atoms with van der Waals surface area (Å²) < 4.78 is 44.9. The molecule has 7 heteroatoms. The van der Waals surface area contributed by atoms with E-state index in [1.54, 1.807) is 6.07 Å². The SMILES string of the molecule is CC1CC(OCC(O)CN2CCN(c3cccc(C(F)(F)F)c3)CC2)CC(C)(C)C1. The fourth-order valence-corrected chi connectivity index (χ4v) is 5.05. The van der Waals surface area contributed by atoms with E-state index in [0.29, 0.717) is 50.9 Å². The fourth-order valence-electron chi connectivity index (χ4n) is 5.05. The normalized spacial score (nSPS) is 26.6. The molecule has 1 aliphatic carbocycles. The molecule has 1 saturated heterocycles. The molecule has 1 aromatic rings. The lowest BCUT2D eigenvalue weighted by molar-refractivity contribution is -0.137. The summed E-state index contributed by atoms with van der Waals surface area (Å²) in [4.78, 5) is 4.13. The third kappa shape index (κ3) is 6.59. The van der Waals surface area contributed by atoms with Gasteiger partial charge < -0.3 is 14.7 Å². The maximum atomic E-state index is 12.9. The molecule has 0 radical (unpaired) electrons. The summed E-state index contributed by atoms with van der Waals surface area (Å²) in [5, 5.41) is 10.4. The zero-order valence-corrected chi connectivity index (χ0v) is 18.3. The number of halogens is 3. The standard InChI is InChI=1S/C23H35F3N2O2/c1-17-11-21(14-22(2,3)13-17)30-16-20(29)15-27-7-9-28(10-8-27)19-6-4-5-18(12-19)23(24,25)26/h4-6,12,17,20-21,29H,7-11,13-16H2,1-3H3. The minimum absolute atomic E-state index is 0.205. The monoisotopic (exact) mass is 428 g/mol. The summed E-state index contributed by atoms with van der Waals surface area (Å²) in [6.07, 6.45) is -1.38. The van der Waals surface area contributed by atoms with E-state index in [9.17, 15) is 18.3 Å². The van der Waals surface area contributed by atoms with Crippen LogP contribution in [0.5, 0.6) is 0 Å². The number of aliphatic hydroxyl groups excluding tert-OH is 1. The van der Waals surface area contributed by atoms with Gasteiger partial charge in [-0.05, 0) is 48.8 Å². The molecule has 0 bridgehead atoms. The van der Waals surface area contributed by atoms with Crippen molar-refractivity contribution in [2.24, 2.45) is 11.3 Å². The molecule has 3 unspecified atom stereocenters. The number of nitrogens with zero attached hydrogens (tertiary/aromatic N) is 2. The summed E-state index contributed by atoms with van der Waals surface area (Å²) in [5.41, 5.74) is 0.269. The van der Waals surface area contributed by atoms with E-state index in [4.69, 9.17) is 4.74 Å². The van der Waals surface area contributed by atoms with Crippen LogP contribution in [0, 0.1) is 11.3 Å². The first-order valence-electron chi connectivity index (χ1n) is 11.0. The van der Waals surface area contributed by atoms with Crippen molar-refractivity contribution in [1.82, 2.24) is 4.90 Å². The highest BCUT2D eigenvalue weighted by molar-refractivity contribution is 5.49. The molecule has 0 spiro atoms. The van der Waals surface area contributed by atoms with E-state index < -0.39 is 17.8 Å². The van der Waals surface area contributed by atoms with E-state index in [1.165, 1.54) is 18.6 Å². The number of hydrogen-bond donors (Lipinski definition) is 1. The second-order valence-corrected chi connectivity index (χ2v) is 9.86. The highest BCUT2D eigenvalue weighted by atomic mass is 19.4. The Hall–Kier alpha value is -1.31. The number of anilines is 1. The lowest BCUT2D eigenvalue weighted by Gasteiger charge is -2.39. The van der Waals surface area contributed by atoms with Gasteiger partial charge in [0, 0.05) is 38.4 Å². The molecule has 30 heavy (non-hydrogen) atoms. The van der Waals surface area contributed by atoms with Crippen LogP contribution in [0.2, 0.25) is 0 Å². The number of piperazine rings is 1. The van der Waals surface area contributed by atoms with E-state index >= 15 is 0 Å². The van der Waals surface area contributed by atoms with Gasteiger partial charge in [-0.15, -0.1) is 0 Å². The van der Waals surface area contributed by atoms with E-state index in [1.807, 2.05) is 4.90 Å². The zero-order valence-electron chi connectivity index (χ0n) is 18.3. The predicted molar refractivity (Wildman–Crippen MR) is 113 cm³/mol. The zero-order chi connectivity index (χ0) is 21.9. The largest absolute Gasteiger partial charge is 0.416 e. The summed E-state index contributed by atoms with van der Waals surface area (Å²) in [5.74, 6) is 0.639. The van der Waals surface area contributed by atoms with Gasteiger partial charge in [0.25, 0.3) is 0 Å². The fraction of sp³-hybridized carbons (Fsp3) is 0.739. The molecule has 0 amide bonds. The molecule has 1 aromatic carbocycles. The Balaban J connectivity index is 1.42. The molecule has 1 heterocycles. The molecule has 4 nitrogen and oxygen atoms in total. The number of rotatable bonds is 6. The van der Waals surface area contributed by atoms with Gasteiger partial charge >= 0.3 is 6.18 Å². The minimum atomic E-state index is -4.33. The molecule has 2 fully saturated rings. The van der Waals surface area contributed by atoms with Gasteiger partial charge in [-0.3, -0.25) is 4.90 Å². The van der Waals surface area contributed by atoms with Crippen molar-refractivity contribution in [1.29, 1.82) is 0 Å². The quantitative estimate of drug-likeness (QED) is 0.728. The summed E-state index contributed by atoms with van der Waals surface area (Å²) >= 11 is 0. The molecule has 170 valence electrons. The molecular formula is C23H35F3N2O2. The van der Waals surface area contributed by atoms with Crippen LogP contribution in [-0.2, 0) is 10.9 Å². The van der Waals surface area contributed by atoms with Gasteiger partial charge in [0.2, 0.25) is 0 Å². The van der Waals surface area contributed by atoms with Gasteiger partial charge in [0.1, 0.15) is 0 Å². The third-order valence-electron chi connectivity index (χ3n) is 6.25. The Bertz CT molecular complexity index is 687. The van der Waals surface area contributed by atoms with Crippen LogP contribution in [0.15, 0.2) is 24.3 Å². The first kappa shape index (κ1) is 23.4. The molecule has 1 aliphatic heterocycles. The second-order valence-electron chi connectivity index (χ2n) is 9.86. The number of β-amino-alcohol motifs (C(OH)–C–C–N with tert-alkyl or cyclic N) is 1. The van der Waals surface area contributed by atoms with Crippen molar-refractivity contribution in [3.05, 3.63) is 29.8 Å². The molecule has 1 saturated carbocycles. The van der Waals surface area contributed by atoms with Crippen LogP contribution < -0.4 is 4.90 Å². The number of aliphatic hydroxyl groups is 1. The smallest absolute Gasteiger partial charge is 0.389 e. The maximum absolute atomic E-state index is 12.9. The van der Waals surface area contributed by atoms with Crippen molar-refractivity contribution in [3.8, 4) is 0 Å². The van der Waals surface area contributed by atoms with Crippen LogP contribution in [0.25, 0.3) is 0 Å². The first-order chi connectivity index (χ1) is 14.0. The van der Waals surface area contributed by atoms with E-state index in [2.05, 4.69) is 25.7 Å². The Morgan fingerprint density at radius 3 is 2.50 bits per heavy atom. The molecule has 3 atom stereocenters. The number of ether oxygens (including phenoxy) is 1. The van der Waals surface area contributed by atoms with Crippen LogP contribution in [-0.4, -0.2) is 61.5 Å². The van der Waals surface area contributed by atoms with Gasteiger partial charge in [0.05, 0.1) is 24.4 Å². The van der Waals surface area contributed by atoms with Crippen LogP contribution in [0.4, 0.5) is 18.9 Å². The van der Waals surface area contributed by atoms with Crippen molar-refractivity contribution >= 4 is 5.69 Å². The average Bonchev–Trinajstić information content (AvgIpc) is 2.65. The Morgan fingerprint density at radius 2 is 1.87 bits per heavy atom. The summed E-state index contributed by atoms with van der Waals surface area (Å²) in [6.45, 7) is 10.4. The third-order valence-corrected chi connectivity index (χ3v) is 6.25. The highest BCUT2D eigenvalue weighted by Gasteiger charge is 2.33. The van der Waals surface area contributed by atoms with Crippen LogP contribution >= 0.6 is 0 Å².